The molecule has 0 amide bonds. The summed E-state index contributed by atoms with van der Waals surface area (Å²) in [5.41, 5.74) is 0.393. The highest BCUT2D eigenvalue weighted by atomic mass is 19.1. The molecule has 100 valence electrons. The summed E-state index contributed by atoms with van der Waals surface area (Å²) >= 11 is 0. The lowest BCUT2D eigenvalue weighted by atomic mass is 10.1. The number of halogens is 1. The lowest BCUT2D eigenvalue weighted by Crippen LogP contribution is -2.11. The van der Waals surface area contributed by atoms with Gasteiger partial charge in [0.1, 0.15) is 12.2 Å². The molecule has 6 heteroatoms. The summed E-state index contributed by atoms with van der Waals surface area (Å²) in [6.45, 7) is 2.57. The molecule has 0 aliphatic rings. The Balaban J connectivity index is 2.20. The van der Waals surface area contributed by atoms with Gasteiger partial charge in [-0.1, -0.05) is 0 Å². The highest BCUT2D eigenvalue weighted by Crippen LogP contribution is 2.19. The van der Waals surface area contributed by atoms with E-state index < -0.39 is 5.82 Å². The van der Waals surface area contributed by atoms with E-state index in [9.17, 15) is 9.18 Å². The fourth-order valence-corrected chi connectivity index (χ4v) is 1.77. The molecule has 0 spiro atoms. The van der Waals surface area contributed by atoms with Gasteiger partial charge in [-0.05, 0) is 25.1 Å². The van der Waals surface area contributed by atoms with E-state index in [0.717, 1.165) is 0 Å². The van der Waals surface area contributed by atoms with Gasteiger partial charge < -0.3 is 4.74 Å². The molecule has 0 saturated carbocycles. The highest BCUT2D eigenvalue weighted by Gasteiger charge is 2.14. The third-order valence-corrected chi connectivity index (χ3v) is 2.79. The first-order valence-corrected chi connectivity index (χ1v) is 5.89. The average molecular weight is 263 g/mol. The fraction of sp³-hybridized carbons (Fsp3) is 0.308. The number of aryl methyl sites for hydroxylation is 1. The van der Waals surface area contributed by atoms with E-state index in [1.165, 1.54) is 31.6 Å². The van der Waals surface area contributed by atoms with Gasteiger partial charge in [0, 0.05) is 12.1 Å². The van der Waals surface area contributed by atoms with Crippen molar-refractivity contribution in [1.82, 2.24) is 14.8 Å². The first-order valence-electron chi connectivity index (χ1n) is 5.89. The Morgan fingerprint density at radius 2 is 2.26 bits per heavy atom. The molecular formula is C13H14FN3O2. The molecule has 0 N–H and O–H groups in total. The molecule has 2 aromatic rings. The molecular weight excluding hydrogens is 249 g/mol. The van der Waals surface area contributed by atoms with Gasteiger partial charge in [0.05, 0.1) is 13.5 Å². The fourth-order valence-electron chi connectivity index (χ4n) is 1.77. The molecule has 0 fully saturated rings. The molecule has 0 radical (unpaired) electrons. The summed E-state index contributed by atoms with van der Waals surface area (Å²) in [4.78, 5) is 16.1. The summed E-state index contributed by atoms with van der Waals surface area (Å²) in [6, 6.07) is 4.05. The maximum absolute atomic E-state index is 13.3. The number of hydrogen-bond donors (Lipinski definition) is 0. The highest BCUT2D eigenvalue weighted by molar-refractivity contribution is 5.97. The Morgan fingerprint density at radius 3 is 2.95 bits per heavy atom. The van der Waals surface area contributed by atoms with Gasteiger partial charge in [-0.2, -0.15) is 5.10 Å². The van der Waals surface area contributed by atoms with Gasteiger partial charge in [0.2, 0.25) is 0 Å². The van der Waals surface area contributed by atoms with Crippen molar-refractivity contribution < 1.29 is 13.9 Å². The van der Waals surface area contributed by atoms with E-state index in [2.05, 4.69) is 10.1 Å². The average Bonchev–Trinajstić information content (AvgIpc) is 2.86. The molecule has 0 atom stereocenters. The van der Waals surface area contributed by atoms with Crippen molar-refractivity contribution in [2.75, 3.05) is 7.11 Å². The van der Waals surface area contributed by atoms with Crippen LogP contribution in [0, 0.1) is 5.82 Å². The molecule has 1 heterocycles. The number of ether oxygens (including phenoxy) is 1. The predicted molar refractivity (Wildman–Crippen MR) is 66.7 cm³/mol. The van der Waals surface area contributed by atoms with Crippen molar-refractivity contribution in [1.29, 1.82) is 0 Å². The number of nitrogens with zero attached hydrogens (tertiary/aromatic N) is 3. The Bertz CT molecular complexity index is 595. The molecule has 1 aromatic carbocycles. The minimum Gasteiger partial charge on any atom is -0.494 e. The lowest BCUT2D eigenvalue weighted by molar-refractivity contribution is 0.0989. The number of benzene rings is 1. The van der Waals surface area contributed by atoms with Crippen LogP contribution >= 0.6 is 0 Å². The minimum atomic E-state index is -0.490. The van der Waals surface area contributed by atoms with Crippen molar-refractivity contribution in [3.05, 3.63) is 41.7 Å². The molecule has 0 saturated heterocycles. The number of methoxy groups -OCH3 is 1. The number of carbonyl (C=O) groups is 1. The van der Waals surface area contributed by atoms with Crippen LogP contribution in [0.3, 0.4) is 0 Å². The van der Waals surface area contributed by atoms with Crippen LogP contribution in [0.1, 0.15) is 23.1 Å². The van der Waals surface area contributed by atoms with Crippen LogP contribution in [0.4, 0.5) is 4.39 Å². The molecule has 0 bridgehead atoms. The van der Waals surface area contributed by atoms with E-state index in [-0.39, 0.29) is 18.0 Å². The van der Waals surface area contributed by atoms with Gasteiger partial charge in [-0.15, -0.1) is 0 Å². The van der Waals surface area contributed by atoms with Crippen LogP contribution in [0.15, 0.2) is 24.5 Å². The maximum atomic E-state index is 13.3. The monoisotopic (exact) mass is 263 g/mol. The van der Waals surface area contributed by atoms with Crippen LogP contribution in [0.2, 0.25) is 0 Å². The van der Waals surface area contributed by atoms with E-state index >= 15 is 0 Å². The third-order valence-electron chi connectivity index (χ3n) is 2.79. The van der Waals surface area contributed by atoms with E-state index in [4.69, 9.17) is 4.74 Å². The summed E-state index contributed by atoms with van der Waals surface area (Å²) in [7, 11) is 1.36. The molecule has 0 aliphatic heterocycles. The van der Waals surface area contributed by atoms with Crippen LogP contribution in [0.25, 0.3) is 0 Å². The van der Waals surface area contributed by atoms with Gasteiger partial charge >= 0.3 is 0 Å². The van der Waals surface area contributed by atoms with Gasteiger partial charge in [-0.25, -0.2) is 14.1 Å². The number of carbonyl (C=O) groups excluding carboxylic acids is 1. The van der Waals surface area contributed by atoms with Crippen LogP contribution in [0.5, 0.6) is 5.75 Å². The van der Waals surface area contributed by atoms with Crippen LogP contribution in [-0.2, 0) is 13.0 Å². The van der Waals surface area contributed by atoms with Gasteiger partial charge in [0.25, 0.3) is 0 Å². The number of aromatic nitrogens is 3. The Hall–Kier alpha value is -2.24. The predicted octanol–water partition coefficient (Wildman–Crippen LogP) is 1.87. The second-order valence-corrected chi connectivity index (χ2v) is 3.94. The Labute approximate surface area is 110 Å². The van der Waals surface area contributed by atoms with Crippen molar-refractivity contribution >= 4 is 5.78 Å². The molecule has 5 nitrogen and oxygen atoms in total. The summed E-state index contributed by atoms with van der Waals surface area (Å²) < 4.78 is 19.8. The van der Waals surface area contributed by atoms with Crippen molar-refractivity contribution in [3.63, 3.8) is 0 Å². The van der Waals surface area contributed by atoms with Crippen LogP contribution < -0.4 is 4.74 Å². The summed E-state index contributed by atoms with van der Waals surface area (Å²) in [5.74, 6) is 0.00961. The Kier molecular flexibility index (Phi) is 3.89. The number of hydrogen-bond acceptors (Lipinski definition) is 4. The zero-order valence-electron chi connectivity index (χ0n) is 10.8. The standard InChI is InChI=1S/C13H14FN3O2/c1-3-17-13(15-8-16-17)7-11(18)9-4-5-10(14)12(6-9)19-2/h4-6,8H,3,7H2,1-2H3. The largest absolute Gasteiger partial charge is 0.494 e. The second kappa shape index (κ2) is 5.60. The molecule has 0 unspecified atom stereocenters. The van der Waals surface area contributed by atoms with Gasteiger partial charge in [-0.3, -0.25) is 4.79 Å². The first kappa shape index (κ1) is 13.2. The second-order valence-electron chi connectivity index (χ2n) is 3.94. The zero-order valence-corrected chi connectivity index (χ0v) is 10.8. The van der Waals surface area contributed by atoms with E-state index in [1.807, 2.05) is 6.92 Å². The number of rotatable bonds is 5. The quantitative estimate of drug-likeness (QED) is 0.773. The number of Topliss-reactive ketones (excluding diaryl/α,β-unsaturated/α-hetero) is 1. The SMILES string of the molecule is CCn1ncnc1CC(=O)c1ccc(F)c(OC)c1. The third kappa shape index (κ3) is 2.78. The van der Waals surface area contributed by atoms with Crippen molar-refractivity contribution in [2.45, 2.75) is 19.9 Å². The molecule has 1 aromatic heterocycles. The van der Waals surface area contributed by atoms with Gasteiger partial charge in [0.15, 0.2) is 17.3 Å². The first-order chi connectivity index (χ1) is 9.15. The minimum absolute atomic E-state index is 0.0582. The van der Waals surface area contributed by atoms with Crippen molar-refractivity contribution in [2.24, 2.45) is 0 Å². The topological polar surface area (TPSA) is 57.0 Å². The Morgan fingerprint density at radius 1 is 1.47 bits per heavy atom. The molecule has 2 rings (SSSR count). The van der Waals surface area contributed by atoms with Crippen molar-refractivity contribution in [3.8, 4) is 5.75 Å². The number of ketones is 1. The molecule has 0 aliphatic carbocycles. The van der Waals surface area contributed by atoms with E-state index in [1.54, 1.807) is 4.68 Å². The lowest BCUT2D eigenvalue weighted by Gasteiger charge is -2.05. The maximum Gasteiger partial charge on any atom is 0.170 e. The summed E-state index contributed by atoms with van der Waals surface area (Å²) in [6.07, 6.45) is 1.54. The summed E-state index contributed by atoms with van der Waals surface area (Å²) in [5, 5.41) is 4.00. The van der Waals surface area contributed by atoms with E-state index in [0.29, 0.717) is 17.9 Å². The normalized spacial score (nSPS) is 10.5. The smallest absolute Gasteiger partial charge is 0.170 e. The van der Waals surface area contributed by atoms with Crippen LogP contribution in [-0.4, -0.2) is 27.7 Å². The molecule has 19 heavy (non-hydrogen) atoms. The zero-order chi connectivity index (χ0) is 13.8.